The molecule has 2 aromatic rings. The van der Waals surface area contributed by atoms with Crippen molar-refractivity contribution in [2.45, 2.75) is 19.4 Å². The second-order valence-corrected chi connectivity index (χ2v) is 6.07. The van der Waals surface area contributed by atoms with Gasteiger partial charge in [-0.2, -0.15) is 0 Å². The van der Waals surface area contributed by atoms with Gasteiger partial charge in [0.05, 0.1) is 6.54 Å². The fourth-order valence-electron chi connectivity index (χ4n) is 2.36. The number of hydrogen-bond donors (Lipinski definition) is 1. The van der Waals surface area contributed by atoms with Crippen molar-refractivity contribution in [1.29, 1.82) is 0 Å². The summed E-state index contributed by atoms with van der Waals surface area (Å²) in [6.45, 7) is 2.44. The van der Waals surface area contributed by atoms with Crippen LogP contribution < -0.4 is 10.2 Å². The summed E-state index contributed by atoms with van der Waals surface area (Å²) in [4.78, 5) is 23.8. The first kappa shape index (κ1) is 14.7. The van der Waals surface area contributed by atoms with Gasteiger partial charge < -0.3 is 10.2 Å². The lowest BCUT2D eigenvalue weighted by Crippen LogP contribution is -2.23. The van der Waals surface area contributed by atoms with E-state index in [-0.39, 0.29) is 5.91 Å². The maximum absolute atomic E-state index is 11.8. The van der Waals surface area contributed by atoms with Crippen molar-refractivity contribution in [1.82, 2.24) is 15.3 Å². The van der Waals surface area contributed by atoms with E-state index in [1.165, 1.54) is 18.9 Å². The Kier molecular flexibility index (Phi) is 4.80. The molecule has 0 bridgehead atoms. The van der Waals surface area contributed by atoms with Gasteiger partial charge in [-0.1, -0.05) is 6.07 Å². The Labute approximate surface area is 133 Å². The monoisotopic (exact) mass is 314 g/mol. The van der Waals surface area contributed by atoms with Gasteiger partial charge >= 0.3 is 0 Å². The van der Waals surface area contributed by atoms with Crippen LogP contribution >= 0.6 is 11.3 Å². The van der Waals surface area contributed by atoms with Crippen molar-refractivity contribution in [3.05, 3.63) is 46.6 Å². The first-order chi connectivity index (χ1) is 10.8. The number of carbonyl (C=O) groups is 1. The average Bonchev–Trinajstić information content (AvgIpc) is 3.24. The molecular formula is C16H18N4OS. The Hall–Kier alpha value is -2.21. The summed E-state index contributed by atoms with van der Waals surface area (Å²) in [5.41, 5.74) is 0. The van der Waals surface area contributed by atoms with E-state index in [0.29, 0.717) is 12.4 Å². The summed E-state index contributed by atoms with van der Waals surface area (Å²) in [5.74, 6) is 1.46. The summed E-state index contributed by atoms with van der Waals surface area (Å²) in [6.07, 6.45) is 7.52. The molecule has 3 rings (SSSR count). The smallest absolute Gasteiger partial charge is 0.244 e. The Bertz CT molecular complexity index is 648. The van der Waals surface area contributed by atoms with Crippen LogP contribution in [0.25, 0.3) is 6.08 Å². The summed E-state index contributed by atoms with van der Waals surface area (Å²) in [5, 5.41) is 4.80. The Morgan fingerprint density at radius 2 is 2.23 bits per heavy atom. The Balaban J connectivity index is 1.54. The number of hydrogen-bond acceptors (Lipinski definition) is 5. The molecule has 0 spiro atoms. The van der Waals surface area contributed by atoms with Crippen molar-refractivity contribution < 1.29 is 4.79 Å². The normalized spacial score (nSPS) is 14.6. The number of nitrogens with zero attached hydrogens (tertiary/aromatic N) is 3. The van der Waals surface area contributed by atoms with E-state index in [0.717, 1.165) is 23.8 Å². The molecule has 1 amide bonds. The number of thiophene rings is 1. The Morgan fingerprint density at radius 3 is 3.00 bits per heavy atom. The van der Waals surface area contributed by atoms with Gasteiger partial charge in [-0.15, -0.1) is 11.3 Å². The highest BCUT2D eigenvalue weighted by molar-refractivity contribution is 7.10. The topological polar surface area (TPSA) is 58.1 Å². The maximum atomic E-state index is 11.8. The van der Waals surface area contributed by atoms with Gasteiger partial charge in [-0.05, 0) is 36.4 Å². The SMILES string of the molecule is O=C(/C=C/c1cccs1)NCc1nccc(N2CCCC2)n1. The maximum Gasteiger partial charge on any atom is 0.244 e. The number of amides is 1. The van der Waals surface area contributed by atoms with Crippen LogP contribution in [0.4, 0.5) is 5.82 Å². The van der Waals surface area contributed by atoms with E-state index in [1.807, 2.05) is 29.7 Å². The van der Waals surface area contributed by atoms with Crippen molar-refractivity contribution in [2.24, 2.45) is 0 Å². The minimum atomic E-state index is -0.136. The molecule has 0 atom stereocenters. The van der Waals surface area contributed by atoms with Gasteiger partial charge in [0.2, 0.25) is 5.91 Å². The largest absolute Gasteiger partial charge is 0.357 e. The summed E-state index contributed by atoms with van der Waals surface area (Å²) >= 11 is 1.60. The molecule has 0 unspecified atom stereocenters. The molecule has 5 nitrogen and oxygen atoms in total. The molecule has 1 N–H and O–H groups in total. The lowest BCUT2D eigenvalue weighted by atomic mass is 10.4. The van der Waals surface area contributed by atoms with E-state index in [1.54, 1.807) is 17.5 Å². The molecule has 1 fully saturated rings. The fraction of sp³-hybridized carbons (Fsp3) is 0.312. The van der Waals surface area contributed by atoms with E-state index >= 15 is 0 Å². The first-order valence-electron chi connectivity index (χ1n) is 7.37. The first-order valence-corrected chi connectivity index (χ1v) is 8.25. The van der Waals surface area contributed by atoms with Crippen LogP contribution in [0, 0.1) is 0 Å². The Morgan fingerprint density at radius 1 is 1.36 bits per heavy atom. The molecule has 1 aliphatic rings. The zero-order valence-corrected chi connectivity index (χ0v) is 13.1. The zero-order chi connectivity index (χ0) is 15.2. The minimum absolute atomic E-state index is 0.136. The highest BCUT2D eigenvalue weighted by Crippen LogP contribution is 2.16. The van der Waals surface area contributed by atoms with Crippen LogP contribution in [-0.2, 0) is 11.3 Å². The molecule has 0 aromatic carbocycles. The van der Waals surface area contributed by atoms with Crippen LogP contribution in [0.2, 0.25) is 0 Å². The van der Waals surface area contributed by atoms with Gasteiger partial charge in [-0.3, -0.25) is 4.79 Å². The number of nitrogens with one attached hydrogen (secondary N) is 1. The van der Waals surface area contributed by atoms with E-state index in [9.17, 15) is 4.79 Å². The van der Waals surface area contributed by atoms with Crippen molar-refractivity contribution >= 4 is 29.1 Å². The highest BCUT2D eigenvalue weighted by atomic mass is 32.1. The van der Waals surface area contributed by atoms with E-state index < -0.39 is 0 Å². The zero-order valence-electron chi connectivity index (χ0n) is 12.2. The summed E-state index contributed by atoms with van der Waals surface area (Å²) < 4.78 is 0. The molecule has 3 heterocycles. The second kappa shape index (κ2) is 7.17. The quantitative estimate of drug-likeness (QED) is 0.861. The minimum Gasteiger partial charge on any atom is -0.357 e. The molecule has 22 heavy (non-hydrogen) atoms. The van der Waals surface area contributed by atoms with Crippen LogP contribution in [-0.4, -0.2) is 29.0 Å². The molecule has 1 saturated heterocycles. The number of carbonyl (C=O) groups excluding carboxylic acids is 1. The third-order valence-electron chi connectivity index (χ3n) is 3.48. The van der Waals surface area contributed by atoms with Gasteiger partial charge in [0, 0.05) is 30.2 Å². The van der Waals surface area contributed by atoms with Crippen LogP contribution in [0.3, 0.4) is 0 Å². The summed E-state index contributed by atoms with van der Waals surface area (Å²) in [6, 6.07) is 5.85. The molecule has 1 aliphatic heterocycles. The van der Waals surface area contributed by atoms with Gasteiger partial charge in [-0.25, -0.2) is 9.97 Å². The molecule has 2 aromatic heterocycles. The van der Waals surface area contributed by atoms with Crippen LogP contribution in [0.1, 0.15) is 23.5 Å². The molecule has 114 valence electrons. The molecule has 0 radical (unpaired) electrons. The van der Waals surface area contributed by atoms with Crippen LogP contribution in [0.5, 0.6) is 0 Å². The summed E-state index contributed by atoms with van der Waals surface area (Å²) in [7, 11) is 0. The van der Waals surface area contributed by atoms with Gasteiger partial charge in [0.1, 0.15) is 11.6 Å². The number of anilines is 1. The lowest BCUT2D eigenvalue weighted by Gasteiger charge is -2.16. The van der Waals surface area contributed by atoms with Gasteiger partial charge in [0.25, 0.3) is 0 Å². The van der Waals surface area contributed by atoms with E-state index in [4.69, 9.17) is 0 Å². The van der Waals surface area contributed by atoms with Crippen molar-refractivity contribution in [3.8, 4) is 0 Å². The number of rotatable bonds is 5. The van der Waals surface area contributed by atoms with Crippen molar-refractivity contribution in [3.63, 3.8) is 0 Å². The average molecular weight is 314 g/mol. The standard InChI is InChI=1S/C16H18N4OS/c21-16(6-5-13-4-3-11-22-13)18-12-14-17-8-7-15(19-14)20-9-1-2-10-20/h3-8,11H,1-2,9-10,12H2,(H,18,21)/b6-5+. The van der Waals surface area contributed by atoms with Gasteiger partial charge in [0.15, 0.2) is 0 Å². The molecular weight excluding hydrogens is 296 g/mol. The third kappa shape index (κ3) is 3.92. The van der Waals surface area contributed by atoms with E-state index in [2.05, 4.69) is 20.2 Å². The highest BCUT2D eigenvalue weighted by Gasteiger charge is 2.13. The second-order valence-electron chi connectivity index (χ2n) is 5.09. The molecule has 0 aliphatic carbocycles. The van der Waals surface area contributed by atoms with Crippen LogP contribution in [0.15, 0.2) is 35.9 Å². The number of aromatic nitrogens is 2. The predicted octanol–water partition coefficient (Wildman–Crippen LogP) is 2.47. The third-order valence-corrected chi connectivity index (χ3v) is 4.32. The van der Waals surface area contributed by atoms with Crippen molar-refractivity contribution in [2.75, 3.05) is 18.0 Å². The fourth-order valence-corrected chi connectivity index (χ4v) is 2.98. The molecule has 0 saturated carbocycles. The molecule has 6 heteroatoms. The lowest BCUT2D eigenvalue weighted by molar-refractivity contribution is -0.116. The predicted molar refractivity (Wildman–Crippen MR) is 88.7 cm³/mol.